The first-order valence-corrected chi connectivity index (χ1v) is 13.8. The van der Waals surface area contributed by atoms with E-state index < -0.39 is 10.0 Å². The number of carbonyl (C=O) groups excluding carboxylic acids is 1. The van der Waals surface area contributed by atoms with Crippen LogP contribution in [-0.4, -0.2) is 62.3 Å². The molecule has 2 aliphatic rings. The normalized spacial score (nSPS) is 21.3. The number of amides is 1. The van der Waals surface area contributed by atoms with Crippen LogP contribution in [0, 0.1) is 5.92 Å². The SMILES string of the molecule is C[C@@H](CCNC(=O)CC1CCN(S(=O)(=O)c2ccc(Cl)s2)CC1)N1CCCCCC1. The van der Waals surface area contributed by atoms with Crippen LogP contribution in [0.3, 0.4) is 0 Å². The van der Waals surface area contributed by atoms with Gasteiger partial charge in [-0.1, -0.05) is 24.4 Å². The van der Waals surface area contributed by atoms with Crippen molar-refractivity contribution in [1.82, 2.24) is 14.5 Å². The lowest BCUT2D eigenvalue weighted by Gasteiger charge is -2.30. The maximum atomic E-state index is 12.7. The molecule has 0 saturated carbocycles. The smallest absolute Gasteiger partial charge is 0.252 e. The van der Waals surface area contributed by atoms with E-state index >= 15 is 0 Å². The van der Waals surface area contributed by atoms with Crippen LogP contribution < -0.4 is 5.32 Å². The molecule has 30 heavy (non-hydrogen) atoms. The molecule has 3 heterocycles. The van der Waals surface area contributed by atoms with Gasteiger partial charge in [0.2, 0.25) is 5.91 Å². The van der Waals surface area contributed by atoms with E-state index in [1.807, 2.05) is 0 Å². The van der Waals surface area contributed by atoms with Crippen LogP contribution in [0.2, 0.25) is 4.34 Å². The molecule has 2 fully saturated rings. The van der Waals surface area contributed by atoms with Crippen LogP contribution in [0.15, 0.2) is 16.3 Å². The van der Waals surface area contributed by atoms with Crippen molar-refractivity contribution in [2.45, 2.75) is 68.5 Å². The molecule has 0 radical (unpaired) electrons. The standard InChI is InChI=1S/C21H34ClN3O3S2/c1-17(24-12-4-2-3-5-13-24)8-11-23-20(26)16-18-9-14-25(15-10-18)30(27,28)21-7-6-19(22)29-21/h6-7,17-18H,2-5,8-16H2,1H3,(H,23,26)/t17-/m0/s1. The van der Waals surface area contributed by atoms with E-state index in [1.54, 1.807) is 12.1 Å². The Balaban J connectivity index is 1.36. The summed E-state index contributed by atoms with van der Waals surface area (Å²) in [7, 11) is -3.47. The fourth-order valence-corrected chi connectivity index (χ4v) is 7.50. The van der Waals surface area contributed by atoms with Crippen molar-refractivity contribution >= 4 is 38.9 Å². The fourth-order valence-electron chi connectivity index (χ4n) is 4.39. The second-order valence-corrected chi connectivity index (χ2v) is 12.4. The van der Waals surface area contributed by atoms with Crippen molar-refractivity contribution in [3.05, 3.63) is 16.5 Å². The third-order valence-corrected chi connectivity index (χ3v) is 9.94. The molecule has 3 rings (SSSR count). The van der Waals surface area contributed by atoms with Gasteiger partial charge in [-0.25, -0.2) is 8.42 Å². The van der Waals surface area contributed by atoms with E-state index in [2.05, 4.69) is 17.1 Å². The number of nitrogens with zero attached hydrogens (tertiary/aromatic N) is 2. The monoisotopic (exact) mass is 475 g/mol. The van der Waals surface area contributed by atoms with E-state index in [0.29, 0.717) is 40.6 Å². The predicted octanol–water partition coefficient (Wildman–Crippen LogP) is 3.96. The first kappa shape index (κ1) is 24.0. The van der Waals surface area contributed by atoms with Gasteiger partial charge >= 0.3 is 0 Å². The average Bonchev–Trinajstić information content (AvgIpc) is 2.99. The first-order valence-electron chi connectivity index (χ1n) is 11.1. The number of nitrogens with one attached hydrogen (secondary N) is 1. The Labute approximate surface area is 190 Å². The third kappa shape index (κ3) is 6.66. The van der Waals surface area contributed by atoms with Crippen LogP contribution in [-0.2, 0) is 14.8 Å². The van der Waals surface area contributed by atoms with Crippen LogP contribution in [0.25, 0.3) is 0 Å². The van der Waals surface area contributed by atoms with Crippen LogP contribution >= 0.6 is 22.9 Å². The number of sulfonamides is 1. The van der Waals surface area contributed by atoms with Crippen LogP contribution in [0.1, 0.15) is 58.3 Å². The van der Waals surface area contributed by atoms with Gasteiger partial charge in [-0.05, 0) is 70.2 Å². The van der Waals surface area contributed by atoms with Crippen LogP contribution in [0.4, 0.5) is 0 Å². The molecule has 0 aliphatic carbocycles. The summed E-state index contributed by atoms with van der Waals surface area (Å²) < 4.78 is 27.7. The summed E-state index contributed by atoms with van der Waals surface area (Å²) >= 11 is 6.98. The zero-order chi connectivity index (χ0) is 21.6. The molecule has 1 aromatic rings. The van der Waals surface area contributed by atoms with E-state index in [0.717, 1.165) is 30.6 Å². The molecule has 6 nitrogen and oxygen atoms in total. The van der Waals surface area contributed by atoms with Crippen molar-refractivity contribution in [2.75, 3.05) is 32.7 Å². The van der Waals surface area contributed by atoms with Gasteiger partial charge in [0.1, 0.15) is 4.21 Å². The Bertz CT molecular complexity index is 783. The van der Waals surface area contributed by atoms with Gasteiger partial charge in [0.15, 0.2) is 0 Å². The number of rotatable bonds is 8. The second kappa shape index (κ2) is 11.3. The highest BCUT2D eigenvalue weighted by atomic mass is 35.5. The highest BCUT2D eigenvalue weighted by molar-refractivity contribution is 7.91. The summed E-state index contributed by atoms with van der Waals surface area (Å²) in [5.74, 6) is 0.329. The van der Waals surface area contributed by atoms with Gasteiger partial charge in [0.05, 0.1) is 4.34 Å². The number of hydrogen-bond acceptors (Lipinski definition) is 5. The van der Waals surface area contributed by atoms with Gasteiger partial charge in [-0.15, -0.1) is 11.3 Å². The summed E-state index contributed by atoms with van der Waals surface area (Å²) in [6.07, 6.45) is 8.13. The Kier molecular flexibility index (Phi) is 9.01. The van der Waals surface area contributed by atoms with Crippen LogP contribution in [0.5, 0.6) is 0 Å². The Hall–Kier alpha value is -0.670. The lowest BCUT2D eigenvalue weighted by molar-refractivity contribution is -0.122. The van der Waals surface area contributed by atoms with Gasteiger partial charge in [-0.2, -0.15) is 4.31 Å². The molecule has 2 aliphatic heterocycles. The van der Waals surface area contributed by atoms with E-state index in [-0.39, 0.29) is 11.8 Å². The van der Waals surface area contributed by atoms with Crippen molar-refractivity contribution in [1.29, 1.82) is 0 Å². The van der Waals surface area contributed by atoms with Crippen molar-refractivity contribution in [3.8, 4) is 0 Å². The molecule has 0 spiro atoms. The van der Waals surface area contributed by atoms with Gasteiger partial charge in [0.25, 0.3) is 10.0 Å². The number of carbonyl (C=O) groups is 1. The van der Waals surface area contributed by atoms with E-state index in [1.165, 1.54) is 43.1 Å². The molecule has 2 saturated heterocycles. The largest absolute Gasteiger partial charge is 0.356 e. The zero-order valence-electron chi connectivity index (χ0n) is 17.8. The zero-order valence-corrected chi connectivity index (χ0v) is 20.2. The number of piperidine rings is 1. The van der Waals surface area contributed by atoms with E-state index in [9.17, 15) is 13.2 Å². The molecule has 0 unspecified atom stereocenters. The summed E-state index contributed by atoms with van der Waals surface area (Å²) in [6, 6.07) is 3.68. The number of likely N-dealkylation sites (tertiary alicyclic amines) is 1. The molecular weight excluding hydrogens is 442 g/mol. The Morgan fingerprint density at radius 3 is 2.43 bits per heavy atom. The minimum atomic E-state index is -3.47. The van der Waals surface area contributed by atoms with Gasteiger partial charge < -0.3 is 10.2 Å². The highest BCUT2D eigenvalue weighted by Crippen LogP contribution is 2.31. The molecule has 1 atom stereocenters. The molecule has 0 bridgehead atoms. The lowest BCUT2D eigenvalue weighted by Crippen LogP contribution is -2.40. The highest BCUT2D eigenvalue weighted by Gasteiger charge is 2.31. The quantitative estimate of drug-likeness (QED) is 0.617. The number of hydrogen-bond donors (Lipinski definition) is 1. The minimum Gasteiger partial charge on any atom is -0.356 e. The lowest BCUT2D eigenvalue weighted by atomic mass is 9.94. The van der Waals surface area contributed by atoms with E-state index in [4.69, 9.17) is 11.6 Å². The van der Waals surface area contributed by atoms with Gasteiger partial charge in [-0.3, -0.25) is 4.79 Å². The molecule has 1 N–H and O–H groups in total. The molecule has 1 amide bonds. The molecule has 9 heteroatoms. The van der Waals surface area contributed by atoms with Gasteiger partial charge in [0, 0.05) is 32.1 Å². The first-order chi connectivity index (χ1) is 14.4. The topological polar surface area (TPSA) is 69.7 Å². The molecule has 170 valence electrons. The van der Waals surface area contributed by atoms with Crippen molar-refractivity contribution in [3.63, 3.8) is 0 Å². The summed E-state index contributed by atoms with van der Waals surface area (Å²) in [4.78, 5) is 14.9. The third-order valence-electron chi connectivity index (χ3n) is 6.34. The molecule has 0 aromatic carbocycles. The predicted molar refractivity (Wildman–Crippen MR) is 123 cm³/mol. The Morgan fingerprint density at radius 1 is 1.17 bits per heavy atom. The summed E-state index contributed by atoms with van der Waals surface area (Å²) in [5, 5.41) is 3.08. The molecular formula is C21H34ClN3O3S2. The maximum absolute atomic E-state index is 12.7. The maximum Gasteiger partial charge on any atom is 0.252 e. The molecule has 1 aromatic heterocycles. The fraction of sp³-hybridized carbons (Fsp3) is 0.762. The second-order valence-electron chi connectivity index (χ2n) is 8.55. The summed E-state index contributed by atoms with van der Waals surface area (Å²) in [5.41, 5.74) is 0. The average molecular weight is 476 g/mol. The Morgan fingerprint density at radius 2 is 1.83 bits per heavy atom. The van der Waals surface area contributed by atoms with Crippen molar-refractivity contribution < 1.29 is 13.2 Å². The van der Waals surface area contributed by atoms with Crippen molar-refractivity contribution in [2.24, 2.45) is 5.92 Å². The number of halogens is 1. The minimum absolute atomic E-state index is 0.0874. The summed E-state index contributed by atoms with van der Waals surface area (Å²) in [6.45, 7) is 6.24. The number of thiophene rings is 1.